The molecule has 0 aliphatic rings. The van der Waals surface area contributed by atoms with Crippen LogP contribution in [-0.4, -0.2) is 35.3 Å². The number of benzene rings is 1. The predicted molar refractivity (Wildman–Crippen MR) is 115 cm³/mol. The number of carbonyl (C=O) groups is 1. The molecule has 29 heavy (non-hydrogen) atoms. The largest absolute Gasteiger partial charge is 0.493 e. The highest BCUT2D eigenvalue weighted by atomic mass is 32.1. The summed E-state index contributed by atoms with van der Waals surface area (Å²) >= 11 is 2.97. The lowest BCUT2D eigenvalue weighted by atomic mass is 10.1. The van der Waals surface area contributed by atoms with Crippen molar-refractivity contribution in [2.45, 2.75) is 39.0 Å². The molecule has 0 aliphatic carbocycles. The zero-order valence-electron chi connectivity index (χ0n) is 16.7. The number of hydrogen-bond donors (Lipinski definition) is 1. The van der Waals surface area contributed by atoms with Crippen molar-refractivity contribution >= 4 is 33.7 Å². The fourth-order valence-electron chi connectivity index (χ4n) is 2.74. The summed E-state index contributed by atoms with van der Waals surface area (Å²) in [6, 6.07) is 5.81. The maximum absolute atomic E-state index is 12.3. The lowest BCUT2D eigenvalue weighted by Crippen LogP contribution is -2.14. The summed E-state index contributed by atoms with van der Waals surface area (Å²) in [6.45, 7) is 2.14. The first-order chi connectivity index (χ1) is 14.1. The van der Waals surface area contributed by atoms with Crippen molar-refractivity contribution in [1.29, 1.82) is 0 Å². The first kappa shape index (κ1) is 21.2. The van der Waals surface area contributed by atoms with E-state index < -0.39 is 0 Å². The number of amides is 1. The van der Waals surface area contributed by atoms with Gasteiger partial charge in [0.15, 0.2) is 11.5 Å². The lowest BCUT2D eigenvalue weighted by Gasteiger charge is -2.08. The van der Waals surface area contributed by atoms with Crippen molar-refractivity contribution in [3.05, 3.63) is 44.9 Å². The Hall–Kier alpha value is -2.52. The number of ether oxygens (including phenoxy) is 2. The zero-order chi connectivity index (χ0) is 20.6. The molecule has 0 saturated carbocycles. The molecule has 0 aliphatic heterocycles. The number of rotatable bonds is 10. The van der Waals surface area contributed by atoms with Gasteiger partial charge in [-0.2, -0.15) is 0 Å². The average molecular weight is 433 g/mol. The van der Waals surface area contributed by atoms with Gasteiger partial charge >= 0.3 is 0 Å². The van der Waals surface area contributed by atoms with Gasteiger partial charge in [-0.15, -0.1) is 21.5 Å². The van der Waals surface area contributed by atoms with Gasteiger partial charge in [0, 0.05) is 18.2 Å². The molecule has 3 aromatic rings. The number of carbonyl (C=O) groups excluding carboxylic acids is 1. The lowest BCUT2D eigenvalue weighted by molar-refractivity contribution is -0.115. The first-order valence-corrected chi connectivity index (χ1v) is 11.1. The van der Waals surface area contributed by atoms with Crippen LogP contribution in [0.5, 0.6) is 11.5 Å². The smallest absolute Gasteiger partial charge is 0.232 e. The van der Waals surface area contributed by atoms with Crippen LogP contribution >= 0.6 is 22.7 Å². The van der Waals surface area contributed by atoms with Crippen LogP contribution in [0.4, 0.5) is 5.13 Å². The summed E-state index contributed by atoms with van der Waals surface area (Å²) < 4.78 is 10.6. The van der Waals surface area contributed by atoms with Gasteiger partial charge in [-0.05, 0) is 24.1 Å². The van der Waals surface area contributed by atoms with Gasteiger partial charge in [0.25, 0.3) is 0 Å². The quantitative estimate of drug-likeness (QED) is 0.518. The standard InChI is InChI=1S/C20H24N4O3S2/c1-4-5-6-18-23-24-20(29-18)22-17(25)11-14-12-28-19(21-14)10-13-7-8-15(26-2)16(9-13)27-3/h7-9,12H,4-6,10-11H2,1-3H3,(H,22,24,25). The molecule has 2 aromatic heterocycles. The van der Waals surface area contributed by atoms with E-state index in [0.717, 1.165) is 40.5 Å². The average Bonchev–Trinajstić information content (AvgIpc) is 3.35. The van der Waals surface area contributed by atoms with Crippen LogP contribution in [-0.2, 0) is 24.1 Å². The molecule has 1 aromatic carbocycles. The number of aryl methyl sites for hydroxylation is 1. The fraction of sp³-hybridized carbons (Fsp3) is 0.400. The Bertz CT molecular complexity index is 955. The summed E-state index contributed by atoms with van der Waals surface area (Å²) in [6.07, 6.45) is 3.97. The molecule has 7 nitrogen and oxygen atoms in total. The highest BCUT2D eigenvalue weighted by Crippen LogP contribution is 2.29. The van der Waals surface area contributed by atoms with Crippen LogP contribution in [0, 0.1) is 0 Å². The first-order valence-electron chi connectivity index (χ1n) is 9.37. The molecular formula is C20H24N4O3S2. The zero-order valence-corrected chi connectivity index (χ0v) is 18.4. The third-order valence-electron chi connectivity index (χ3n) is 4.20. The van der Waals surface area contributed by atoms with Crippen LogP contribution in [0.1, 0.15) is 41.0 Å². The Morgan fingerprint density at radius 1 is 1.14 bits per heavy atom. The molecule has 0 atom stereocenters. The number of anilines is 1. The normalized spacial score (nSPS) is 10.7. The van der Waals surface area contributed by atoms with Crippen molar-refractivity contribution in [3.63, 3.8) is 0 Å². The molecule has 1 N–H and O–H groups in total. The van der Waals surface area contributed by atoms with E-state index in [2.05, 4.69) is 27.4 Å². The molecule has 154 valence electrons. The third kappa shape index (κ3) is 5.98. The fourth-order valence-corrected chi connectivity index (χ4v) is 4.36. The van der Waals surface area contributed by atoms with Crippen LogP contribution in [0.25, 0.3) is 0 Å². The van der Waals surface area contributed by atoms with E-state index in [0.29, 0.717) is 23.1 Å². The van der Waals surface area contributed by atoms with E-state index in [-0.39, 0.29) is 12.3 Å². The number of thiazole rings is 1. The minimum absolute atomic E-state index is 0.133. The van der Waals surface area contributed by atoms with Gasteiger partial charge in [0.2, 0.25) is 11.0 Å². The molecule has 0 bridgehead atoms. The second kappa shape index (κ2) is 10.3. The Morgan fingerprint density at radius 2 is 1.97 bits per heavy atom. The minimum Gasteiger partial charge on any atom is -0.493 e. The topological polar surface area (TPSA) is 86.2 Å². The molecule has 3 rings (SSSR count). The Labute approximate surface area is 178 Å². The van der Waals surface area contributed by atoms with Gasteiger partial charge in [0.1, 0.15) is 5.01 Å². The monoisotopic (exact) mass is 432 g/mol. The van der Waals surface area contributed by atoms with Crippen LogP contribution in [0.15, 0.2) is 23.6 Å². The Balaban J connectivity index is 1.56. The number of nitrogens with one attached hydrogen (secondary N) is 1. The van der Waals surface area contributed by atoms with Crippen LogP contribution in [0.2, 0.25) is 0 Å². The number of unbranched alkanes of at least 4 members (excludes halogenated alkanes) is 1. The third-order valence-corrected chi connectivity index (χ3v) is 6.00. The number of hydrogen-bond acceptors (Lipinski definition) is 8. The van der Waals surface area contributed by atoms with E-state index in [4.69, 9.17) is 9.47 Å². The highest BCUT2D eigenvalue weighted by Gasteiger charge is 2.12. The molecular weight excluding hydrogens is 408 g/mol. The van der Waals surface area contributed by atoms with E-state index in [9.17, 15) is 4.79 Å². The Kier molecular flexibility index (Phi) is 7.54. The van der Waals surface area contributed by atoms with E-state index in [1.807, 2.05) is 23.6 Å². The van der Waals surface area contributed by atoms with E-state index >= 15 is 0 Å². The molecule has 0 fully saturated rings. The number of aromatic nitrogens is 3. The van der Waals surface area contributed by atoms with Gasteiger partial charge in [0.05, 0.1) is 31.3 Å². The van der Waals surface area contributed by atoms with Crippen molar-refractivity contribution in [3.8, 4) is 11.5 Å². The van der Waals surface area contributed by atoms with E-state index in [1.54, 1.807) is 25.6 Å². The van der Waals surface area contributed by atoms with Gasteiger partial charge < -0.3 is 14.8 Å². The molecule has 1 amide bonds. The molecule has 2 heterocycles. The molecule has 0 spiro atoms. The maximum atomic E-state index is 12.3. The summed E-state index contributed by atoms with van der Waals surface area (Å²) in [7, 11) is 3.23. The predicted octanol–water partition coefficient (Wildman–Crippen LogP) is 4.13. The summed E-state index contributed by atoms with van der Waals surface area (Å²) in [5, 5.41) is 15.3. The van der Waals surface area contributed by atoms with Crippen molar-refractivity contribution in [2.24, 2.45) is 0 Å². The molecule has 0 saturated heterocycles. The molecule has 0 radical (unpaired) electrons. The SMILES string of the molecule is CCCCc1nnc(NC(=O)Cc2csc(Cc3ccc(OC)c(OC)c3)n2)s1. The summed E-state index contributed by atoms with van der Waals surface area (Å²) in [5.41, 5.74) is 1.82. The van der Waals surface area contributed by atoms with Crippen molar-refractivity contribution < 1.29 is 14.3 Å². The summed E-state index contributed by atoms with van der Waals surface area (Å²) in [5.74, 6) is 1.25. The summed E-state index contributed by atoms with van der Waals surface area (Å²) in [4.78, 5) is 16.9. The van der Waals surface area contributed by atoms with Crippen molar-refractivity contribution in [1.82, 2.24) is 15.2 Å². The van der Waals surface area contributed by atoms with E-state index in [1.165, 1.54) is 11.3 Å². The second-order valence-corrected chi connectivity index (χ2v) is 8.43. The number of nitrogens with zero attached hydrogens (tertiary/aromatic N) is 3. The highest BCUT2D eigenvalue weighted by molar-refractivity contribution is 7.15. The Morgan fingerprint density at radius 3 is 2.72 bits per heavy atom. The second-order valence-electron chi connectivity index (χ2n) is 6.43. The van der Waals surface area contributed by atoms with Gasteiger partial charge in [-0.3, -0.25) is 4.79 Å². The van der Waals surface area contributed by atoms with Crippen LogP contribution in [0.3, 0.4) is 0 Å². The van der Waals surface area contributed by atoms with Crippen molar-refractivity contribution in [2.75, 3.05) is 19.5 Å². The minimum atomic E-state index is -0.133. The van der Waals surface area contributed by atoms with Gasteiger partial charge in [-0.1, -0.05) is 30.7 Å². The molecule has 9 heteroatoms. The molecule has 0 unspecified atom stereocenters. The number of methoxy groups -OCH3 is 2. The van der Waals surface area contributed by atoms with Gasteiger partial charge in [-0.25, -0.2) is 4.98 Å². The van der Waals surface area contributed by atoms with Crippen LogP contribution < -0.4 is 14.8 Å². The maximum Gasteiger partial charge on any atom is 0.232 e.